The van der Waals surface area contributed by atoms with Crippen molar-refractivity contribution in [3.05, 3.63) is 90.0 Å². The van der Waals surface area contributed by atoms with Gasteiger partial charge in [-0.25, -0.2) is 0 Å². The number of hydrogen-bond acceptors (Lipinski definition) is 12. The molecule has 20 heteroatoms. The molecular weight excluding hydrogens is 985 g/mol. The van der Waals surface area contributed by atoms with Gasteiger partial charge in [-0.05, 0) is 117 Å². The first-order valence-corrected chi connectivity index (χ1v) is 20.0. The fourth-order valence-electron chi connectivity index (χ4n) is 5.29. The SMILES string of the molecule is Nc1ccc(S(=O)(=O)O)c2c(I)cc(/N=N/c3ccc(-c4ccc(/N=N/c5cc(I)c6c(S(=O)(=O)O)ccc(N)c6c5O)c(Cl)c4)cc3Cl)c(O)c12. The van der Waals surface area contributed by atoms with Crippen molar-refractivity contribution in [2.24, 2.45) is 20.5 Å². The van der Waals surface area contributed by atoms with Crippen molar-refractivity contribution < 1.29 is 36.2 Å². The summed E-state index contributed by atoms with van der Waals surface area (Å²) in [5, 5.41) is 38.8. The van der Waals surface area contributed by atoms with Crippen LogP contribution in [0.2, 0.25) is 10.0 Å². The van der Waals surface area contributed by atoms with Gasteiger partial charge in [-0.3, -0.25) is 9.11 Å². The van der Waals surface area contributed by atoms with Crippen molar-refractivity contribution >= 4 is 144 Å². The lowest BCUT2D eigenvalue weighted by Crippen LogP contribution is -2.02. The lowest BCUT2D eigenvalue weighted by atomic mass is 10.0. The van der Waals surface area contributed by atoms with E-state index in [0.717, 1.165) is 12.1 Å². The normalized spacial score (nSPS) is 12.5. The first kappa shape index (κ1) is 37.8. The zero-order valence-electron chi connectivity index (χ0n) is 25.6. The average molecular weight is 1010 g/mol. The van der Waals surface area contributed by atoms with Crippen LogP contribution in [0.1, 0.15) is 0 Å². The van der Waals surface area contributed by atoms with E-state index < -0.39 is 41.5 Å². The van der Waals surface area contributed by atoms with Gasteiger partial charge in [-0.1, -0.05) is 35.3 Å². The number of halogens is 4. The minimum atomic E-state index is -4.62. The number of nitrogens with two attached hydrogens (primary N) is 2. The van der Waals surface area contributed by atoms with E-state index in [4.69, 9.17) is 34.7 Å². The second kappa shape index (κ2) is 14.2. The lowest BCUT2D eigenvalue weighted by Gasteiger charge is -2.12. The van der Waals surface area contributed by atoms with E-state index in [-0.39, 0.29) is 65.7 Å². The number of anilines is 2. The molecule has 0 amide bonds. The summed E-state index contributed by atoms with van der Waals surface area (Å²) in [6.07, 6.45) is 0. The largest absolute Gasteiger partial charge is 0.505 e. The number of azo groups is 2. The molecule has 0 saturated carbocycles. The fraction of sp³-hybridized carbons (Fsp3) is 0. The number of phenolic OH excluding ortho intramolecular Hbond substituents is 2. The van der Waals surface area contributed by atoms with Gasteiger partial charge in [0.2, 0.25) is 0 Å². The second-order valence-corrected chi connectivity index (χ2v) is 16.9. The number of benzene rings is 6. The molecule has 0 aromatic heterocycles. The summed E-state index contributed by atoms with van der Waals surface area (Å²) >= 11 is 16.7. The molecule has 0 unspecified atom stereocenters. The number of nitrogen functional groups attached to an aromatic ring is 2. The Bertz CT molecular complexity index is 2610. The summed E-state index contributed by atoms with van der Waals surface area (Å²) in [7, 11) is -9.24. The molecule has 8 N–H and O–H groups in total. The van der Waals surface area contributed by atoms with Crippen LogP contribution in [0.25, 0.3) is 32.7 Å². The molecule has 6 aromatic rings. The van der Waals surface area contributed by atoms with Crippen LogP contribution in [-0.2, 0) is 20.2 Å². The highest BCUT2D eigenvalue weighted by Crippen LogP contribution is 2.46. The molecule has 0 radical (unpaired) electrons. The number of hydrogen-bond donors (Lipinski definition) is 6. The zero-order chi connectivity index (χ0) is 37.9. The first-order chi connectivity index (χ1) is 24.4. The van der Waals surface area contributed by atoms with Crippen LogP contribution in [0.3, 0.4) is 0 Å². The number of nitrogens with zero attached hydrogens (tertiary/aromatic N) is 4. The van der Waals surface area contributed by atoms with Crippen molar-refractivity contribution in [2.45, 2.75) is 9.79 Å². The number of fused-ring (bicyclic) bond motifs is 2. The third-order valence-corrected chi connectivity index (χ3v) is 11.8. The van der Waals surface area contributed by atoms with E-state index in [9.17, 15) is 36.2 Å². The smallest absolute Gasteiger partial charge is 0.295 e. The summed E-state index contributed by atoms with van der Waals surface area (Å²) in [5.74, 6) is -0.884. The Morgan fingerprint density at radius 3 is 1.19 bits per heavy atom. The summed E-state index contributed by atoms with van der Waals surface area (Å²) in [6.45, 7) is 0. The van der Waals surface area contributed by atoms with Crippen LogP contribution in [0.4, 0.5) is 34.1 Å². The van der Waals surface area contributed by atoms with Gasteiger partial charge in [0, 0.05) is 29.3 Å². The van der Waals surface area contributed by atoms with E-state index in [1.165, 1.54) is 24.3 Å². The van der Waals surface area contributed by atoms with Gasteiger partial charge >= 0.3 is 0 Å². The van der Waals surface area contributed by atoms with Crippen molar-refractivity contribution in [3.63, 3.8) is 0 Å². The standard InChI is InChI=1S/C32H20Cl2I2N6O8S2/c33-15-9-13(1-5-21(15)39-41-23-11-17(35)27-25(51(45,46)47)7-3-19(37)29(27)31(23)43)14-2-6-22(16(34)10-14)40-42-24-12-18(36)28-26(52(48,49)50)8-4-20(38)30(28)32(24)44/h1-12,43-44H,37-38H2,(H,45,46,47)(H,48,49,50)/b41-39+,42-40+. The summed E-state index contributed by atoms with van der Waals surface area (Å²) in [5.41, 5.74) is 13.9. The van der Waals surface area contributed by atoms with Crippen molar-refractivity contribution in [2.75, 3.05) is 11.5 Å². The maximum Gasteiger partial charge on any atom is 0.295 e. The fourth-order valence-corrected chi connectivity index (χ4v) is 9.23. The summed E-state index contributed by atoms with van der Waals surface area (Å²) in [4.78, 5) is -0.836. The third kappa shape index (κ3) is 7.20. The first-order valence-electron chi connectivity index (χ1n) is 14.2. The van der Waals surface area contributed by atoms with Crippen LogP contribution < -0.4 is 11.5 Å². The molecule has 266 valence electrons. The van der Waals surface area contributed by atoms with Gasteiger partial charge in [-0.2, -0.15) is 16.8 Å². The van der Waals surface area contributed by atoms with Crippen LogP contribution in [-0.4, -0.2) is 36.2 Å². The molecule has 6 aromatic carbocycles. The van der Waals surface area contributed by atoms with E-state index in [1.54, 1.807) is 36.4 Å². The Kier molecular flexibility index (Phi) is 10.3. The molecule has 6 rings (SSSR count). The predicted molar refractivity (Wildman–Crippen MR) is 215 cm³/mol. The van der Waals surface area contributed by atoms with Gasteiger partial charge in [0.05, 0.1) is 20.8 Å². The quantitative estimate of drug-likeness (QED) is 0.0382. The van der Waals surface area contributed by atoms with E-state index in [0.29, 0.717) is 18.3 Å². The van der Waals surface area contributed by atoms with Crippen LogP contribution in [0, 0.1) is 7.14 Å². The van der Waals surface area contributed by atoms with Crippen LogP contribution >= 0.6 is 68.4 Å². The molecule has 0 aliphatic heterocycles. The highest BCUT2D eigenvalue weighted by molar-refractivity contribution is 14.1. The average Bonchev–Trinajstić information content (AvgIpc) is 3.06. The number of phenols is 2. The Balaban J connectivity index is 1.28. The molecule has 0 spiro atoms. The van der Waals surface area contributed by atoms with Gasteiger partial charge in [0.1, 0.15) is 32.5 Å². The maximum absolute atomic E-state index is 11.9. The molecule has 0 aliphatic rings. The highest BCUT2D eigenvalue weighted by atomic mass is 127. The predicted octanol–water partition coefficient (Wildman–Crippen LogP) is 10.1. The highest BCUT2D eigenvalue weighted by Gasteiger charge is 2.23. The van der Waals surface area contributed by atoms with E-state index >= 15 is 0 Å². The molecule has 0 saturated heterocycles. The van der Waals surface area contributed by atoms with Gasteiger partial charge in [0.25, 0.3) is 20.2 Å². The molecule has 14 nitrogen and oxygen atoms in total. The Hall–Kier alpha value is -3.90. The molecule has 0 aliphatic carbocycles. The van der Waals surface area contributed by atoms with Gasteiger partial charge in [0.15, 0.2) is 11.5 Å². The molecular formula is C32H20Cl2I2N6O8S2. The molecule has 0 heterocycles. The minimum absolute atomic E-state index is 0.0138. The number of rotatable bonds is 7. The Labute approximate surface area is 332 Å². The second-order valence-electron chi connectivity index (χ2n) is 10.9. The third-order valence-electron chi connectivity index (χ3n) is 7.68. The van der Waals surface area contributed by atoms with Crippen molar-refractivity contribution in [1.82, 2.24) is 0 Å². The summed E-state index contributed by atoms with van der Waals surface area (Å²) in [6, 6.07) is 17.4. The Morgan fingerprint density at radius 1 is 0.519 bits per heavy atom. The lowest BCUT2D eigenvalue weighted by molar-refractivity contribution is 0.480. The Morgan fingerprint density at radius 2 is 0.865 bits per heavy atom. The maximum atomic E-state index is 11.9. The van der Waals surface area contributed by atoms with Crippen molar-refractivity contribution in [3.8, 4) is 22.6 Å². The van der Waals surface area contributed by atoms with Crippen molar-refractivity contribution in [1.29, 1.82) is 0 Å². The number of aromatic hydroxyl groups is 2. The molecule has 52 heavy (non-hydrogen) atoms. The van der Waals surface area contributed by atoms with E-state index in [1.807, 2.05) is 45.2 Å². The van der Waals surface area contributed by atoms with Gasteiger partial charge in [-0.15, -0.1) is 20.5 Å². The minimum Gasteiger partial charge on any atom is -0.505 e. The van der Waals surface area contributed by atoms with Crippen LogP contribution in [0.5, 0.6) is 11.5 Å². The molecule has 0 bridgehead atoms. The van der Waals surface area contributed by atoms with Gasteiger partial charge < -0.3 is 21.7 Å². The topological polar surface area (TPSA) is 251 Å². The van der Waals surface area contributed by atoms with E-state index in [2.05, 4.69) is 20.5 Å². The molecule has 0 fully saturated rings. The van der Waals surface area contributed by atoms with Crippen LogP contribution in [0.15, 0.2) is 103 Å². The molecule has 0 atom stereocenters. The monoisotopic (exact) mass is 1000 g/mol. The summed E-state index contributed by atoms with van der Waals surface area (Å²) < 4.78 is 67.7. The zero-order valence-corrected chi connectivity index (χ0v) is 33.1.